The molecule has 0 bridgehead atoms. The Morgan fingerprint density at radius 1 is 0.468 bits per heavy atom. The minimum absolute atomic E-state index is 0.194. The number of benzene rings is 6. The second-order valence-electron chi connectivity index (χ2n) is 11.4. The summed E-state index contributed by atoms with van der Waals surface area (Å²) >= 11 is 0. The molecule has 0 amide bonds. The van der Waals surface area contributed by atoms with Gasteiger partial charge >= 0.3 is 0 Å². The fourth-order valence-electron chi connectivity index (χ4n) is 5.95. The molecule has 8 rings (SSSR count). The molecule has 2 aromatic heterocycles. The van der Waals surface area contributed by atoms with Crippen LogP contribution in [0.1, 0.15) is 5.56 Å². The lowest BCUT2D eigenvalue weighted by molar-refractivity contribution is 0.596. The van der Waals surface area contributed by atoms with E-state index in [2.05, 4.69) is 47.9 Å². The van der Waals surface area contributed by atoms with E-state index in [-0.39, 0.29) is 9.79 Å². The minimum Gasteiger partial charge on any atom is -0.309 e. The first-order chi connectivity index (χ1) is 23.0. The Balaban J connectivity index is 1.21. The lowest BCUT2D eigenvalue weighted by Gasteiger charge is -2.11. The van der Waals surface area contributed by atoms with E-state index >= 15 is 0 Å². The van der Waals surface area contributed by atoms with E-state index in [1.165, 1.54) is 0 Å². The van der Waals surface area contributed by atoms with Crippen LogP contribution in [-0.4, -0.2) is 27.9 Å². The molecule has 6 nitrogen and oxygen atoms in total. The van der Waals surface area contributed by atoms with E-state index in [4.69, 9.17) is 15.0 Å². The van der Waals surface area contributed by atoms with Crippen LogP contribution in [0.2, 0.25) is 0 Å². The number of sulfone groups is 1. The minimum atomic E-state index is -3.84. The van der Waals surface area contributed by atoms with Gasteiger partial charge in [0.15, 0.2) is 17.5 Å². The number of rotatable bonds is 6. The molecule has 0 aliphatic heterocycles. The van der Waals surface area contributed by atoms with Crippen molar-refractivity contribution in [3.8, 4) is 39.9 Å². The summed E-state index contributed by atoms with van der Waals surface area (Å²) in [6, 6.07) is 48.0. The fourth-order valence-corrected chi connectivity index (χ4v) is 7.23. The first-order valence-electron chi connectivity index (χ1n) is 15.3. The standard InChI is InChI=1S/C40H28N4O2S/c1-27-16-20-31(21-17-27)44-36-15-9-8-14-34(36)35-25-24-33(26-37(35)44)47(45,46)32-22-18-30(19-23-32)40-42-38(28-10-4-2-5-11-28)41-39(43-40)29-12-6-3-7-13-29/h2-26H,1H3. The van der Waals surface area contributed by atoms with Crippen molar-refractivity contribution >= 4 is 31.6 Å². The fraction of sp³-hybridized carbons (Fsp3) is 0.0250. The molecule has 0 saturated heterocycles. The molecule has 0 saturated carbocycles. The van der Waals surface area contributed by atoms with Crippen LogP contribution >= 0.6 is 0 Å². The van der Waals surface area contributed by atoms with Crippen LogP contribution in [0.4, 0.5) is 0 Å². The van der Waals surface area contributed by atoms with Gasteiger partial charge in [0.2, 0.25) is 9.84 Å². The third kappa shape index (κ3) is 5.16. The van der Waals surface area contributed by atoms with Crippen molar-refractivity contribution in [3.63, 3.8) is 0 Å². The smallest absolute Gasteiger partial charge is 0.206 e. The average molecular weight is 629 g/mol. The second-order valence-corrected chi connectivity index (χ2v) is 13.4. The van der Waals surface area contributed by atoms with Gasteiger partial charge in [0.05, 0.1) is 20.8 Å². The van der Waals surface area contributed by atoms with Crippen LogP contribution in [0.5, 0.6) is 0 Å². The highest BCUT2D eigenvalue weighted by Crippen LogP contribution is 2.35. The van der Waals surface area contributed by atoms with Crippen LogP contribution < -0.4 is 0 Å². The zero-order valence-corrected chi connectivity index (χ0v) is 26.3. The maximum absolute atomic E-state index is 14.1. The number of aromatic nitrogens is 4. The van der Waals surface area contributed by atoms with Crippen LogP contribution in [0.25, 0.3) is 61.7 Å². The van der Waals surface area contributed by atoms with Gasteiger partial charge in [-0.3, -0.25) is 0 Å². The monoisotopic (exact) mass is 628 g/mol. The van der Waals surface area contributed by atoms with Gasteiger partial charge < -0.3 is 4.57 Å². The topological polar surface area (TPSA) is 77.7 Å². The van der Waals surface area contributed by atoms with Crippen LogP contribution in [0.3, 0.4) is 0 Å². The summed E-state index contributed by atoms with van der Waals surface area (Å²) in [6.45, 7) is 2.05. The Morgan fingerprint density at radius 3 is 1.55 bits per heavy atom. The lowest BCUT2D eigenvalue weighted by Crippen LogP contribution is -2.03. The van der Waals surface area contributed by atoms with Gasteiger partial charge in [-0.05, 0) is 61.5 Å². The van der Waals surface area contributed by atoms with Crippen molar-refractivity contribution in [2.24, 2.45) is 0 Å². The number of nitrogens with zero attached hydrogens (tertiary/aromatic N) is 4. The molecule has 8 aromatic rings. The summed E-state index contributed by atoms with van der Waals surface area (Å²) in [5.41, 5.74) is 6.41. The SMILES string of the molecule is Cc1ccc(-n2c3ccccc3c3ccc(S(=O)(=O)c4ccc(-c5nc(-c6ccccc6)nc(-c6ccccc6)n5)cc4)cc32)cc1. The van der Waals surface area contributed by atoms with Gasteiger partial charge in [0.1, 0.15) is 0 Å². The highest BCUT2D eigenvalue weighted by Gasteiger charge is 2.21. The van der Waals surface area contributed by atoms with Crippen molar-refractivity contribution in [3.05, 3.63) is 157 Å². The summed E-state index contributed by atoms with van der Waals surface area (Å²) < 4.78 is 30.2. The molecular formula is C40H28N4O2S. The molecular weight excluding hydrogens is 601 g/mol. The molecule has 0 atom stereocenters. The van der Waals surface area contributed by atoms with E-state index in [1.54, 1.807) is 36.4 Å². The second kappa shape index (κ2) is 11.5. The van der Waals surface area contributed by atoms with Crippen molar-refractivity contribution < 1.29 is 8.42 Å². The molecule has 0 unspecified atom stereocenters. The average Bonchev–Trinajstić information content (AvgIpc) is 3.46. The number of hydrogen-bond donors (Lipinski definition) is 0. The van der Waals surface area contributed by atoms with E-state index in [0.29, 0.717) is 23.0 Å². The Bertz CT molecular complexity index is 2450. The van der Waals surface area contributed by atoms with Crippen molar-refractivity contribution in [1.29, 1.82) is 0 Å². The van der Waals surface area contributed by atoms with Gasteiger partial charge in [0.25, 0.3) is 0 Å². The first-order valence-corrected chi connectivity index (χ1v) is 16.8. The highest BCUT2D eigenvalue weighted by atomic mass is 32.2. The van der Waals surface area contributed by atoms with Crippen molar-refractivity contribution in [2.45, 2.75) is 16.7 Å². The summed E-state index contributed by atoms with van der Waals surface area (Å²) in [5, 5.41) is 2.06. The third-order valence-corrected chi connectivity index (χ3v) is 10.1. The van der Waals surface area contributed by atoms with Gasteiger partial charge in [-0.15, -0.1) is 0 Å². The number of fused-ring (bicyclic) bond motifs is 3. The Hall–Kier alpha value is -5.92. The summed E-state index contributed by atoms with van der Waals surface area (Å²) in [5.74, 6) is 1.55. The Labute approximate surface area is 272 Å². The third-order valence-electron chi connectivity index (χ3n) is 8.37. The molecule has 0 fully saturated rings. The van der Waals surface area contributed by atoms with Gasteiger partial charge in [-0.2, -0.15) is 0 Å². The summed E-state index contributed by atoms with van der Waals surface area (Å²) in [7, 11) is -3.84. The van der Waals surface area contributed by atoms with Crippen LogP contribution in [0.15, 0.2) is 161 Å². The maximum Gasteiger partial charge on any atom is 0.206 e. The zero-order valence-electron chi connectivity index (χ0n) is 25.4. The predicted molar refractivity (Wildman–Crippen MR) is 187 cm³/mol. The Morgan fingerprint density at radius 2 is 0.957 bits per heavy atom. The molecule has 0 aliphatic rings. The normalized spacial score (nSPS) is 11.7. The van der Waals surface area contributed by atoms with Gasteiger partial charge in [-0.25, -0.2) is 23.4 Å². The molecule has 7 heteroatoms. The van der Waals surface area contributed by atoms with E-state index in [0.717, 1.165) is 44.2 Å². The van der Waals surface area contributed by atoms with Crippen molar-refractivity contribution in [2.75, 3.05) is 0 Å². The first kappa shape index (κ1) is 28.5. The van der Waals surface area contributed by atoms with E-state index < -0.39 is 9.84 Å². The largest absolute Gasteiger partial charge is 0.309 e. The van der Waals surface area contributed by atoms with E-state index in [1.807, 2.05) is 78.9 Å². The molecule has 2 heterocycles. The summed E-state index contributed by atoms with van der Waals surface area (Å²) in [6.07, 6.45) is 0. The molecule has 47 heavy (non-hydrogen) atoms. The van der Waals surface area contributed by atoms with Gasteiger partial charge in [0, 0.05) is 33.2 Å². The maximum atomic E-state index is 14.1. The molecule has 6 aromatic carbocycles. The number of aryl methyl sites for hydroxylation is 1. The molecule has 226 valence electrons. The molecule has 0 N–H and O–H groups in total. The van der Waals surface area contributed by atoms with Crippen LogP contribution in [0, 0.1) is 6.92 Å². The van der Waals surface area contributed by atoms with Crippen molar-refractivity contribution in [1.82, 2.24) is 19.5 Å². The quantitative estimate of drug-likeness (QED) is 0.184. The molecule has 0 radical (unpaired) electrons. The van der Waals surface area contributed by atoms with E-state index in [9.17, 15) is 8.42 Å². The highest BCUT2D eigenvalue weighted by molar-refractivity contribution is 7.91. The summed E-state index contributed by atoms with van der Waals surface area (Å²) in [4.78, 5) is 14.7. The number of hydrogen-bond acceptors (Lipinski definition) is 5. The number of para-hydroxylation sites is 1. The lowest BCUT2D eigenvalue weighted by atomic mass is 10.1. The van der Waals surface area contributed by atoms with Gasteiger partial charge in [-0.1, -0.05) is 103 Å². The zero-order chi connectivity index (χ0) is 32.0. The van der Waals surface area contributed by atoms with Crippen LogP contribution in [-0.2, 0) is 9.84 Å². The Kier molecular flexibility index (Phi) is 6.96. The predicted octanol–water partition coefficient (Wildman–Crippen LogP) is 9.11. The molecule has 0 spiro atoms. The molecule has 0 aliphatic carbocycles.